The standard InChI is InChI=1S/C17H26N4O3S/c1-12-14-4-3-5-15(14)20-16(19-12)6-8-18-17(22)10-21(2)13-7-9-25(23,24)11-13/h13H,3-11H2,1-2H3,(H,18,22). The van der Waals surface area contributed by atoms with Crippen LogP contribution in [0.2, 0.25) is 0 Å². The lowest BCUT2D eigenvalue weighted by Gasteiger charge is -2.22. The third-order valence-electron chi connectivity index (χ3n) is 5.08. The number of carbonyl (C=O) groups excluding carboxylic acids is 1. The van der Waals surface area contributed by atoms with Gasteiger partial charge < -0.3 is 5.32 Å². The largest absolute Gasteiger partial charge is 0.355 e. The maximum atomic E-state index is 12.1. The first kappa shape index (κ1) is 18.3. The van der Waals surface area contributed by atoms with Gasteiger partial charge in [-0.05, 0) is 45.2 Å². The monoisotopic (exact) mass is 366 g/mol. The van der Waals surface area contributed by atoms with Gasteiger partial charge in [0.05, 0.1) is 18.1 Å². The molecule has 1 aromatic heterocycles. The average molecular weight is 366 g/mol. The molecular formula is C17H26N4O3S. The zero-order valence-electron chi connectivity index (χ0n) is 14.9. The van der Waals surface area contributed by atoms with E-state index in [4.69, 9.17) is 0 Å². The molecule has 1 N–H and O–H groups in total. The second-order valence-corrected chi connectivity index (χ2v) is 9.30. The van der Waals surface area contributed by atoms with Crippen LogP contribution >= 0.6 is 0 Å². The van der Waals surface area contributed by atoms with E-state index >= 15 is 0 Å². The highest BCUT2D eigenvalue weighted by Crippen LogP contribution is 2.22. The molecule has 7 nitrogen and oxygen atoms in total. The molecule has 1 amide bonds. The summed E-state index contributed by atoms with van der Waals surface area (Å²) in [7, 11) is -1.12. The lowest BCUT2D eigenvalue weighted by molar-refractivity contribution is -0.122. The highest BCUT2D eigenvalue weighted by molar-refractivity contribution is 7.91. The van der Waals surface area contributed by atoms with Crippen molar-refractivity contribution in [2.45, 2.75) is 45.1 Å². The Bertz CT molecular complexity index is 763. The van der Waals surface area contributed by atoms with Crippen LogP contribution < -0.4 is 5.32 Å². The lowest BCUT2D eigenvalue weighted by atomic mass is 10.2. The molecule has 0 aromatic carbocycles. The summed E-state index contributed by atoms with van der Waals surface area (Å²) in [5, 5.41) is 2.88. The topological polar surface area (TPSA) is 92.3 Å². The smallest absolute Gasteiger partial charge is 0.234 e. The Morgan fingerprint density at radius 2 is 2.12 bits per heavy atom. The molecule has 1 saturated heterocycles. The van der Waals surface area contributed by atoms with Crippen molar-refractivity contribution in [2.24, 2.45) is 0 Å². The highest BCUT2D eigenvalue weighted by Gasteiger charge is 2.31. The first-order chi connectivity index (χ1) is 11.8. The summed E-state index contributed by atoms with van der Waals surface area (Å²) in [6.07, 6.45) is 4.46. The molecule has 1 aliphatic heterocycles. The maximum Gasteiger partial charge on any atom is 0.234 e. The summed E-state index contributed by atoms with van der Waals surface area (Å²) in [6.45, 7) is 2.73. The van der Waals surface area contributed by atoms with Gasteiger partial charge in [-0.25, -0.2) is 18.4 Å². The van der Waals surface area contributed by atoms with Gasteiger partial charge in [-0.15, -0.1) is 0 Å². The molecule has 2 aliphatic rings. The van der Waals surface area contributed by atoms with Crippen LogP contribution in [0.4, 0.5) is 0 Å². The zero-order valence-corrected chi connectivity index (χ0v) is 15.7. The van der Waals surface area contributed by atoms with Gasteiger partial charge in [-0.2, -0.15) is 0 Å². The Balaban J connectivity index is 1.45. The van der Waals surface area contributed by atoms with E-state index in [0.717, 1.165) is 36.5 Å². The number of carbonyl (C=O) groups is 1. The van der Waals surface area contributed by atoms with Gasteiger partial charge in [0, 0.05) is 30.4 Å². The van der Waals surface area contributed by atoms with Crippen LogP contribution in [0, 0.1) is 6.92 Å². The summed E-state index contributed by atoms with van der Waals surface area (Å²) in [6, 6.07) is -0.0570. The minimum Gasteiger partial charge on any atom is -0.355 e. The zero-order chi connectivity index (χ0) is 18.0. The number of sulfone groups is 1. The van der Waals surface area contributed by atoms with Crippen LogP contribution in [0.15, 0.2) is 0 Å². The van der Waals surface area contributed by atoms with Crippen molar-refractivity contribution in [3.8, 4) is 0 Å². The molecule has 25 heavy (non-hydrogen) atoms. The fourth-order valence-corrected chi connectivity index (χ4v) is 5.45. The summed E-state index contributed by atoms with van der Waals surface area (Å²) < 4.78 is 23.1. The van der Waals surface area contributed by atoms with E-state index in [1.54, 1.807) is 7.05 Å². The second-order valence-electron chi connectivity index (χ2n) is 7.08. The number of likely N-dealkylation sites (N-methyl/N-ethyl adjacent to an activating group) is 1. The molecule has 138 valence electrons. The number of nitrogens with one attached hydrogen (secondary N) is 1. The van der Waals surface area contributed by atoms with Gasteiger partial charge in [-0.1, -0.05) is 0 Å². The minimum absolute atomic E-state index is 0.0570. The van der Waals surface area contributed by atoms with Gasteiger partial charge in [0.15, 0.2) is 9.84 Å². The molecule has 3 rings (SSSR count). The number of aryl methyl sites for hydroxylation is 2. The predicted molar refractivity (Wildman–Crippen MR) is 95.2 cm³/mol. The van der Waals surface area contributed by atoms with Crippen LogP contribution in [0.5, 0.6) is 0 Å². The van der Waals surface area contributed by atoms with Crippen molar-refractivity contribution in [1.29, 1.82) is 0 Å². The molecule has 0 saturated carbocycles. The fraction of sp³-hybridized carbons (Fsp3) is 0.706. The van der Waals surface area contributed by atoms with Gasteiger partial charge >= 0.3 is 0 Å². The molecule has 8 heteroatoms. The minimum atomic E-state index is -2.93. The van der Waals surface area contributed by atoms with Gasteiger partial charge in [0.25, 0.3) is 0 Å². The Labute approximate surface area is 149 Å². The van der Waals surface area contributed by atoms with Gasteiger partial charge in [0.2, 0.25) is 5.91 Å². The SMILES string of the molecule is Cc1nc(CCNC(=O)CN(C)C2CCS(=O)(=O)C2)nc2c1CCC2. The second kappa shape index (κ2) is 7.37. The first-order valence-electron chi connectivity index (χ1n) is 8.87. The van der Waals surface area contributed by atoms with Crippen LogP contribution in [0.1, 0.15) is 35.6 Å². The van der Waals surface area contributed by atoms with E-state index in [0.29, 0.717) is 19.4 Å². The predicted octanol–water partition coefficient (Wildman–Crippen LogP) is 0.0513. The number of aromatic nitrogens is 2. The lowest BCUT2D eigenvalue weighted by Crippen LogP contribution is -2.41. The number of fused-ring (bicyclic) bond motifs is 1. The Morgan fingerprint density at radius 1 is 1.32 bits per heavy atom. The summed E-state index contributed by atoms with van der Waals surface area (Å²) in [4.78, 5) is 23.1. The molecule has 1 aliphatic carbocycles. The Hall–Kier alpha value is -1.54. The Morgan fingerprint density at radius 3 is 2.84 bits per heavy atom. The molecule has 1 unspecified atom stereocenters. The van der Waals surface area contributed by atoms with Crippen molar-refractivity contribution >= 4 is 15.7 Å². The van der Waals surface area contributed by atoms with Crippen LogP contribution in [0.3, 0.4) is 0 Å². The van der Waals surface area contributed by atoms with Crippen molar-refractivity contribution < 1.29 is 13.2 Å². The first-order valence-corrected chi connectivity index (χ1v) is 10.7. The molecule has 1 fully saturated rings. The average Bonchev–Trinajstić information content (AvgIpc) is 3.13. The third-order valence-corrected chi connectivity index (χ3v) is 6.83. The van der Waals surface area contributed by atoms with E-state index in [1.165, 1.54) is 5.56 Å². The number of amides is 1. The van der Waals surface area contributed by atoms with E-state index in [1.807, 2.05) is 11.8 Å². The van der Waals surface area contributed by atoms with E-state index in [9.17, 15) is 13.2 Å². The summed E-state index contributed by atoms with van der Waals surface area (Å²) in [5.41, 5.74) is 3.52. The number of nitrogens with zero attached hydrogens (tertiary/aromatic N) is 3. The Kier molecular flexibility index (Phi) is 5.38. The van der Waals surface area contributed by atoms with Crippen LogP contribution in [0.25, 0.3) is 0 Å². The summed E-state index contributed by atoms with van der Waals surface area (Å²) >= 11 is 0. The molecule has 0 spiro atoms. The van der Waals surface area contributed by atoms with Crippen molar-refractivity contribution in [1.82, 2.24) is 20.2 Å². The van der Waals surface area contributed by atoms with Crippen molar-refractivity contribution in [2.75, 3.05) is 31.6 Å². The molecule has 1 aromatic rings. The molecule has 2 heterocycles. The van der Waals surface area contributed by atoms with Gasteiger partial charge in [-0.3, -0.25) is 9.69 Å². The third kappa shape index (κ3) is 4.55. The van der Waals surface area contributed by atoms with Crippen LogP contribution in [-0.2, 0) is 33.9 Å². The van der Waals surface area contributed by atoms with Crippen molar-refractivity contribution in [3.05, 3.63) is 22.8 Å². The molecule has 0 bridgehead atoms. The number of hydrogen-bond donors (Lipinski definition) is 1. The molecular weight excluding hydrogens is 340 g/mol. The van der Waals surface area contributed by atoms with Crippen molar-refractivity contribution in [3.63, 3.8) is 0 Å². The molecule has 0 radical (unpaired) electrons. The summed E-state index contributed by atoms with van der Waals surface area (Å²) in [5.74, 6) is 1.07. The normalized spacial score (nSPS) is 21.5. The van der Waals surface area contributed by atoms with E-state index < -0.39 is 9.84 Å². The van der Waals surface area contributed by atoms with Gasteiger partial charge in [0.1, 0.15) is 5.82 Å². The number of rotatable bonds is 6. The quantitative estimate of drug-likeness (QED) is 0.765. The number of hydrogen-bond acceptors (Lipinski definition) is 6. The van der Waals surface area contributed by atoms with E-state index in [-0.39, 0.29) is 30.0 Å². The molecule has 1 atom stereocenters. The maximum absolute atomic E-state index is 12.1. The van der Waals surface area contributed by atoms with Crippen LogP contribution in [-0.4, -0.2) is 66.9 Å². The fourth-order valence-electron chi connectivity index (χ4n) is 3.64. The van der Waals surface area contributed by atoms with E-state index in [2.05, 4.69) is 15.3 Å². The highest BCUT2D eigenvalue weighted by atomic mass is 32.2.